The number of carbonyl (C=O) groups is 3. The summed E-state index contributed by atoms with van der Waals surface area (Å²) in [6, 6.07) is 19.1. The summed E-state index contributed by atoms with van der Waals surface area (Å²) in [5.41, 5.74) is 1.91. The van der Waals surface area contributed by atoms with Crippen LogP contribution >= 0.6 is 0 Å². The van der Waals surface area contributed by atoms with Gasteiger partial charge in [-0.25, -0.2) is 0 Å². The van der Waals surface area contributed by atoms with Crippen LogP contribution in [-0.2, 0) is 14.4 Å². The molecule has 1 heterocycles. The van der Waals surface area contributed by atoms with Crippen LogP contribution in [0.2, 0.25) is 0 Å². The van der Waals surface area contributed by atoms with Crippen LogP contribution in [0.25, 0.3) is 0 Å². The van der Waals surface area contributed by atoms with E-state index < -0.39 is 0 Å². The molecule has 1 saturated carbocycles. The molecule has 2 aromatic carbocycles. The van der Waals surface area contributed by atoms with Gasteiger partial charge in [-0.2, -0.15) is 0 Å². The maximum absolute atomic E-state index is 12.8. The molecule has 2 aliphatic rings. The van der Waals surface area contributed by atoms with E-state index in [1.807, 2.05) is 60.7 Å². The molecule has 1 aliphatic carbocycles. The van der Waals surface area contributed by atoms with Crippen LogP contribution in [-0.4, -0.2) is 29.2 Å². The second-order valence-electron chi connectivity index (χ2n) is 7.58. The van der Waals surface area contributed by atoms with Crippen LogP contribution < -0.4 is 5.32 Å². The molecule has 0 spiro atoms. The quantitative estimate of drug-likeness (QED) is 0.816. The Morgan fingerprint density at radius 1 is 0.857 bits per heavy atom. The van der Waals surface area contributed by atoms with Gasteiger partial charge < -0.3 is 5.32 Å². The van der Waals surface area contributed by atoms with E-state index >= 15 is 0 Å². The number of amides is 3. The molecule has 2 aromatic rings. The minimum Gasteiger partial charge on any atom is -0.344 e. The van der Waals surface area contributed by atoms with Gasteiger partial charge >= 0.3 is 0 Å². The predicted molar refractivity (Wildman–Crippen MR) is 105 cm³/mol. The highest BCUT2D eigenvalue weighted by atomic mass is 16.2. The van der Waals surface area contributed by atoms with Crippen molar-refractivity contribution in [2.75, 3.05) is 6.54 Å². The molecule has 144 valence electrons. The molecule has 2 fully saturated rings. The summed E-state index contributed by atoms with van der Waals surface area (Å²) in [4.78, 5) is 39.2. The molecule has 5 heteroatoms. The molecule has 1 N–H and O–H groups in total. The number of benzene rings is 2. The van der Waals surface area contributed by atoms with Crippen molar-refractivity contribution in [1.82, 2.24) is 10.2 Å². The second kappa shape index (κ2) is 7.97. The number of nitrogens with zero attached hydrogens (tertiary/aromatic N) is 1. The van der Waals surface area contributed by atoms with Crippen molar-refractivity contribution >= 4 is 17.7 Å². The third-order valence-electron chi connectivity index (χ3n) is 5.81. The normalized spacial score (nSPS) is 21.7. The van der Waals surface area contributed by atoms with E-state index in [1.54, 1.807) is 0 Å². The van der Waals surface area contributed by atoms with Crippen LogP contribution in [0.1, 0.15) is 42.9 Å². The van der Waals surface area contributed by atoms with E-state index in [9.17, 15) is 14.4 Å². The lowest BCUT2D eigenvalue weighted by Crippen LogP contribution is -2.42. The van der Waals surface area contributed by atoms with Gasteiger partial charge in [-0.15, -0.1) is 0 Å². The highest BCUT2D eigenvalue weighted by Gasteiger charge is 2.48. The number of carbonyl (C=O) groups excluding carboxylic acids is 3. The highest BCUT2D eigenvalue weighted by Crippen LogP contribution is 2.37. The minimum absolute atomic E-state index is 0.180. The Morgan fingerprint density at radius 2 is 1.32 bits per heavy atom. The zero-order chi connectivity index (χ0) is 19.5. The van der Waals surface area contributed by atoms with Crippen LogP contribution in [0.15, 0.2) is 60.7 Å². The standard InChI is InChI=1S/C23H24N2O3/c26-20(15-25-22(27)18-13-7-8-14-19(18)23(25)28)24-21(16-9-3-1-4-10-16)17-11-5-2-6-12-17/h1-6,9-12,18-19,21H,7-8,13-15H2,(H,24,26)/t18-,19-/m0/s1. The summed E-state index contributed by atoms with van der Waals surface area (Å²) in [6.07, 6.45) is 3.46. The summed E-state index contributed by atoms with van der Waals surface area (Å²) in [5.74, 6) is -1.14. The van der Waals surface area contributed by atoms with Crippen LogP contribution in [0.5, 0.6) is 0 Å². The summed E-state index contributed by atoms with van der Waals surface area (Å²) in [7, 11) is 0. The highest BCUT2D eigenvalue weighted by molar-refractivity contribution is 6.07. The first-order valence-corrected chi connectivity index (χ1v) is 9.89. The maximum Gasteiger partial charge on any atom is 0.240 e. The first-order valence-electron chi connectivity index (χ1n) is 9.89. The van der Waals surface area contributed by atoms with Gasteiger partial charge in [0.05, 0.1) is 17.9 Å². The summed E-state index contributed by atoms with van der Waals surface area (Å²) >= 11 is 0. The molecule has 1 aliphatic heterocycles. The van der Waals surface area contributed by atoms with Crippen molar-refractivity contribution in [3.8, 4) is 0 Å². The van der Waals surface area contributed by atoms with E-state index in [0.717, 1.165) is 36.8 Å². The SMILES string of the molecule is O=C(CN1C(=O)[C@H]2CCCC[C@@H]2C1=O)NC(c1ccccc1)c1ccccc1. The number of likely N-dealkylation sites (tertiary alicyclic amines) is 1. The van der Waals surface area contributed by atoms with Gasteiger partial charge in [0.25, 0.3) is 0 Å². The van der Waals surface area contributed by atoms with Crippen molar-refractivity contribution in [2.45, 2.75) is 31.7 Å². The molecule has 1 saturated heterocycles. The molecule has 3 amide bonds. The fourth-order valence-corrected chi connectivity index (χ4v) is 4.39. The average molecular weight is 376 g/mol. The second-order valence-corrected chi connectivity index (χ2v) is 7.58. The third kappa shape index (κ3) is 3.57. The number of hydrogen-bond donors (Lipinski definition) is 1. The fraction of sp³-hybridized carbons (Fsp3) is 0.348. The Hall–Kier alpha value is -2.95. The molecule has 4 rings (SSSR count). The largest absolute Gasteiger partial charge is 0.344 e. The fourth-order valence-electron chi connectivity index (χ4n) is 4.39. The molecule has 5 nitrogen and oxygen atoms in total. The third-order valence-corrected chi connectivity index (χ3v) is 5.81. The Kier molecular flexibility index (Phi) is 5.24. The molecular weight excluding hydrogens is 352 g/mol. The van der Waals surface area contributed by atoms with Crippen molar-refractivity contribution in [1.29, 1.82) is 0 Å². The van der Waals surface area contributed by atoms with Crippen LogP contribution in [0.3, 0.4) is 0 Å². The van der Waals surface area contributed by atoms with Gasteiger partial charge in [0.1, 0.15) is 6.54 Å². The number of hydrogen-bond acceptors (Lipinski definition) is 3. The molecule has 0 unspecified atom stereocenters. The van der Waals surface area contributed by atoms with Crippen molar-refractivity contribution in [3.05, 3.63) is 71.8 Å². The van der Waals surface area contributed by atoms with E-state index in [0.29, 0.717) is 0 Å². The van der Waals surface area contributed by atoms with E-state index in [-0.39, 0.29) is 42.1 Å². The number of rotatable bonds is 5. The first kappa shape index (κ1) is 18.4. The van der Waals surface area contributed by atoms with Crippen LogP contribution in [0, 0.1) is 11.8 Å². The van der Waals surface area contributed by atoms with Crippen LogP contribution in [0.4, 0.5) is 0 Å². The Labute approximate surface area is 164 Å². The van der Waals surface area contributed by atoms with E-state index in [4.69, 9.17) is 0 Å². The van der Waals surface area contributed by atoms with Gasteiger partial charge in [-0.1, -0.05) is 73.5 Å². The monoisotopic (exact) mass is 376 g/mol. The summed E-state index contributed by atoms with van der Waals surface area (Å²) in [5, 5.41) is 3.01. The number of fused-ring (bicyclic) bond motifs is 1. The first-order chi connectivity index (χ1) is 13.6. The lowest BCUT2D eigenvalue weighted by molar-refractivity contribution is -0.143. The minimum atomic E-state index is -0.329. The molecule has 0 radical (unpaired) electrons. The van der Waals surface area contributed by atoms with E-state index in [2.05, 4.69) is 5.32 Å². The Bertz CT molecular complexity index is 802. The molecule has 0 bridgehead atoms. The summed E-state index contributed by atoms with van der Waals surface area (Å²) < 4.78 is 0. The smallest absolute Gasteiger partial charge is 0.240 e. The Morgan fingerprint density at radius 3 is 1.79 bits per heavy atom. The van der Waals surface area contributed by atoms with Gasteiger partial charge in [-0.3, -0.25) is 19.3 Å². The lowest BCUT2D eigenvalue weighted by atomic mass is 9.81. The predicted octanol–water partition coefficient (Wildman–Crippen LogP) is 3.07. The van der Waals surface area contributed by atoms with Gasteiger partial charge in [0.15, 0.2) is 0 Å². The summed E-state index contributed by atoms with van der Waals surface area (Å²) in [6.45, 7) is -0.208. The van der Waals surface area contributed by atoms with E-state index in [1.165, 1.54) is 4.90 Å². The zero-order valence-electron chi connectivity index (χ0n) is 15.7. The molecular formula is C23H24N2O3. The zero-order valence-corrected chi connectivity index (χ0v) is 15.7. The maximum atomic E-state index is 12.8. The Balaban J connectivity index is 1.51. The van der Waals surface area contributed by atoms with Crippen molar-refractivity contribution in [3.63, 3.8) is 0 Å². The van der Waals surface area contributed by atoms with Gasteiger partial charge in [0.2, 0.25) is 17.7 Å². The van der Waals surface area contributed by atoms with Gasteiger partial charge in [-0.05, 0) is 24.0 Å². The van der Waals surface area contributed by atoms with Crippen molar-refractivity contribution < 1.29 is 14.4 Å². The topological polar surface area (TPSA) is 66.5 Å². The lowest BCUT2D eigenvalue weighted by Gasteiger charge is -2.22. The molecule has 28 heavy (non-hydrogen) atoms. The average Bonchev–Trinajstić information content (AvgIpc) is 2.98. The molecule has 2 atom stereocenters. The number of nitrogens with one attached hydrogen (secondary N) is 1. The number of imide groups is 1. The molecule has 0 aromatic heterocycles. The van der Waals surface area contributed by atoms with Gasteiger partial charge in [0, 0.05) is 0 Å². The van der Waals surface area contributed by atoms with Crippen molar-refractivity contribution in [2.24, 2.45) is 11.8 Å².